The van der Waals surface area contributed by atoms with Crippen LogP contribution in [0.1, 0.15) is 19.0 Å². The quantitative estimate of drug-likeness (QED) is 0.897. The molecule has 118 valence electrons. The first-order chi connectivity index (χ1) is 11.2. The molecule has 2 amide bonds. The van der Waals surface area contributed by atoms with Crippen LogP contribution in [-0.2, 0) is 0 Å². The molecule has 1 N–H and O–H groups in total. The normalized spacial score (nSPS) is 16.4. The second-order valence-electron chi connectivity index (χ2n) is 5.58. The van der Waals surface area contributed by atoms with E-state index in [9.17, 15) is 4.79 Å². The highest BCUT2D eigenvalue weighted by molar-refractivity contribution is 9.10. The van der Waals surface area contributed by atoms with Crippen LogP contribution in [0.25, 0.3) is 11.4 Å². The molecule has 0 spiro atoms. The molecule has 23 heavy (non-hydrogen) atoms. The number of benzene rings is 1. The molecule has 0 radical (unpaired) electrons. The van der Waals surface area contributed by atoms with Gasteiger partial charge in [-0.05, 0) is 18.6 Å². The first-order valence-corrected chi connectivity index (χ1v) is 8.48. The molecule has 0 saturated heterocycles. The molecule has 4 rings (SSSR count). The maximum atomic E-state index is 12.7. The van der Waals surface area contributed by atoms with Crippen LogP contribution >= 0.6 is 15.9 Å². The number of hydrogen-bond acceptors (Lipinski definition) is 3. The van der Waals surface area contributed by atoms with Crippen LogP contribution in [-0.4, -0.2) is 46.4 Å². The number of nitrogens with one attached hydrogen (secondary N) is 1. The lowest BCUT2D eigenvalue weighted by molar-refractivity contribution is 0.228. The number of aromatic nitrogens is 2. The van der Waals surface area contributed by atoms with Gasteiger partial charge in [-0.1, -0.05) is 35.0 Å². The van der Waals surface area contributed by atoms with Crippen molar-refractivity contribution >= 4 is 33.6 Å². The number of carbonyl (C=O) groups is 1. The Morgan fingerprint density at radius 3 is 2.83 bits per heavy atom. The van der Waals surface area contributed by atoms with Gasteiger partial charge >= 0.3 is 6.03 Å². The second-order valence-corrected chi connectivity index (χ2v) is 6.50. The van der Waals surface area contributed by atoms with E-state index in [0.717, 1.165) is 28.0 Å². The van der Waals surface area contributed by atoms with Gasteiger partial charge in [0.1, 0.15) is 11.5 Å². The molecular formula is C16H16BrN5O. The summed E-state index contributed by atoms with van der Waals surface area (Å²) in [5, 5.41) is 0. The Kier molecular flexibility index (Phi) is 3.45. The maximum absolute atomic E-state index is 12.7. The van der Waals surface area contributed by atoms with Crippen molar-refractivity contribution in [1.29, 1.82) is 0 Å². The van der Waals surface area contributed by atoms with Gasteiger partial charge in [0, 0.05) is 23.1 Å². The van der Waals surface area contributed by atoms with Crippen molar-refractivity contribution in [3.63, 3.8) is 0 Å². The van der Waals surface area contributed by atoms with Crippen LogP contribution < -0.4 is 4.90 Å². The monoisotopic (exact) mass is 373 g/mol. The highest BCUT2D eigenvalue weighted by Crippen LogP contribution is 2.32. The molecule has 0 atom stereocenters. The lowest BCUT2D eigenvalue weighted by Gasteiger charge is -2.31. The topological polar surface area (TPSA) is 64.6 Å². The largest absolute Gasteiger partial charge is 0.334 e. The van der Waals surface area contributed by atoms with E-state index in [2.05, 4.69) is 37.8 Å². The van der Waals surface area contributed by atoms with Crippen LogP contribution in [0.4, 0.5) is 10.6 Å². The Morgan fingerprint density at radius 1 is 1.30 bits per heavy atom. The van der Waals surface area contributed by atoms with E-state index in [0.29, 0.717) is 31.3 Å². The van der Waals surface area contributed by atoms with Gasteiger partial charge in [0.2, 0.25) is 0 Å². The highest BCUT2D eigenvalue weighted by atomic mass is 79.9. The van der Waals surface area contributed by atoms with Crippen LogP contribution in [0.5, 0.6) is 0 Å². The van der Waals surface area contributed by atoms with Crippen molar-refractivity contribution in [3.8, 4) is 11.4 Å². The molecule has 1 aromatic carbocycles. The number of fused-ring (bicyclic) bond motifs is 3. The van der Waals surface area contributed by atoms with Crippen molar-refractivity contribution in [2.24, 2.45) is 4.99 Å². The third kappa shape index (κ3) is 2.26. The van der Waals surface area contributed by atoms with Crippen LogP contribution in [0.3, 0.4) is 0 Å². The predicted molar refractivity (Wildman–Crippen MR) is 92.9 cm³/mol. The number of aromatic amines is 1. The van der Waals surface area contributed by atoms with Gasteiger partial charge in [0.05, 0.1) is 6.54 Å². The average molecular weight is 374 g/mol. The summed E-state index contributed by atoms with van der Waals surface area (Å²) in [7, 11) is 0. The van der Waals surface area contributed by atoms with E-state index in [-0.39, 0.29) is 6.03 Å². The van der Waals surface area contributed by atoms with E-state index in [1.54, 1.807) is 9.80 Å². The minimum Gasteiger partial charge on any atom is -0.334 e. The summed E-state index contributed by atoms with van der Waals surface area (Å²) >= 11 is 3.44. The summed E-state index contributed by atoms with van der Waals surface area (Å²) in [6, 6.07) is 7.92. The number of rotatable bonds is 3. The number of nitrogens with zero attached hydrogens (tertiary/aromatic N) is 4. The zero-order valence-corrected chi connectivity index (χ0v) is 14.3. The van der Waals surface area contributed by atoms with Crippen LogP contribution in [0.2, 0.25) is 0 Å². The molecule has 2 aromatic rings. The summed E-state index contributed by atoms with van der Waals surface area (Å²) in [6.45, 7) is 4.00. The fraction of sp³-hybridized carbons (Fsp3) is 0.312. The first-order valence-electron chi connectivity index (χ1n) is 7.69. The molecule has 0 fully saturated rings. The zero-order valence-electron chi connectivity index (χ0n) is 12.7. The number of imidazole rings is 1. The van der Waals surface area contributed by atoms with Gasteiger partial charge in [-0.15, -0.1) is 0 Å². The molecule has 0 bridgehead atoms. The maximum Gasteiger partial charge on any atom is 0.331 e. The molecule has 0 unspecified atom stereocenters. The Labute approximate surface area is 142 Å². The van der Waals surface area contributed by atoms with Gasteiger partial charge in [0.15, 0.2) is 11.7 Å². The minimum absolute atomic E-state index is 0.0237. The number of anilines is 1. The van der Waals surface area contributed by atoms with Crippen molar-refractivity contribution < 1.29 is 4.79 Å². The Bertz CT molecular complexity index is 795. The Hall–Kier alpha value is -2.15. The van der Waals surface area contributed by atoms with Crippen molar-refractivity contribution in [1.82, 2.24) is 14.9 Å². The Balaban J connectivity index is 1.83. The fourth-order valence-corrected chi connectivity index (χ4v) is 3.23. The van der Waals surface area contributed by atoms with Crippen molar-refractivity contribution in [3.05, 3.63) is 34.4 Å². The summed E-state index contributed by atoms with van der Waals surface area (Å²) in [4.78, 5) is 28.7. The predicted octanol–water partition coefficient (Wildman–Crippen LogP) is 3.25. The average Bonchev–Trinajstić information content (AvgIpc) is 3.18. The number of carbonyl (C=O) groups excluding carboxylic acids is 1. The molecule has 2 aliphatic heterocycles. The number of urea groups is 1. The highest BCUT2D eigenvalue weighted by Gasteiger charge is 2.39. The molecular weight excluding hydrogens is 358 g/mol. The summed E-state index contributed by atoms with van der Waals surface area (Å²) in [5.74, 6) is 2.16. The summed E-state index contributed by atoms with van der Waals surface area (Å²) in [6.07, 6.45) is 0.881. The van der Waals surface area contributed by atoms with E-state index >= 15 is 0 Å². The summed E-state index contributed by atoms with van der Waals surface area (Å²) < 4.78 is 1.02. The number of amidine groups is 1. The molecule has 0 aliphatic carbocycles. The molecule has 2 aliphatic rings. The van der Waals surface area contributed by atoms with E-state index < -0.39 is 0 Å². The van der Waals surface area contributed by atoms with Gasteiger partial charge in [-0.25, -0.2) is 9.78 Å². The molecule has 6 nitrogen and oxygen atoms in total. The molecule has 3 heterocycles. The molecule has 1 aromatic heterocycles. The zero-order chi connectivity index (χ0) is 16.0. The van der Waals surface area contributed by atoms with Crippen LogP contribution in [0.15, 0.2) is 33.7 Å². The van der Waals surface area contributed by atoms with E-state index in [1.807, 2.05) is 24.3 Å². The summed E-state index contributed by atoms with van der Waals surface area (Å²) in [5.41, 5.74) is 1.82. The lowest BCUT2D eigenvalue weighted by atomic mass is 10.2. The number of aliphatic imine (C=N–C) groups is 1. The Morgan fingerprint density at radius 2 is 2.09 bits per heavy atom. The fourth-order valence-electron chi connectivity index (χ4n) is 2.97. The van der Waals surface area contributed by atoms with Gasteiger partial charge < -0.3 is 4.98 Å². The second kappa shape index (κ2) is 5.49. The van der Waals surface area contributed by atoms with Crippen molar-refractivity contribution in [2.75, 3.05) is 24.5 Å². The number of hydrogen-bond donors (Lipinski definition) is 1. The standard InChI is InChI=1S/C16H16BrN5O/c1-2-8-21-15-12(14-18-7-9-22(14)16(21)23)19-13(20-15)10-3-5-11(17)6-4-10/h3-6H,2,7-9H2,1H3,(H,19,20). The van der Waals surface area contributed by atoms with E-state index in [1.165, 1.54) is 0 Å². The van der Waals surface area contributed by atoms with Crippen molar-refractivity contribution in [2.45, 2.75) is 13.3 Å². The number of H-pyrrole nitrogens is 1. The molecule has 7 heteroatoms. The molecule has 0 saturated carbocycles. The third-order valence-electron chi connectivity index (χ3n) is 4.03. The minimum atomic E-state index is -0.0237. The number of amides is 2. The van der Waals surface area contributed by atoms with Gasteiger partial charge in [-0.3, -0.25) is 14.8 Å². The van der Waals surface area contributed by atoms with Gasteiger partial charge in [-0.2, -0.15) is 0 Å². The van der Waals surface area contributed by atoms with Crippen LogP contribution in [0, 0.1) is 0 Å². The first kappa shape index (κ1) is 14.4. The SMILES string of the molecule is CCCN1C(=O)N2CCN=C2c2[nH]c(-c3ccc(Br)cc3)nc21. The number of halogens is 1. The lowest BCUT2D eigenvalue weighted by Crippen LogP contribution is -2.50. The smallest absolute Gasteiger partial charge is 0.331 e. The third-order valence-corrected chi connectivity index (χ3v) is 4.56. The van der Waals surface area contributed by atoms with Gasteiger partial charge in [0.25, 0.3) is 0 Å². The van der Waals surface area contributed by atoms with E-state index in [4.69, 9.17) is 0 Å².